The Morgan fingerprint density at radius 1 is 1.18 bits per heavy atom. The van der Waals surface area contributed by atoms with E-state index in [-0.39, 0.29) is 6.61 Å². The van der Waals surface area contributed by atoms with Crippen molar-refractivity contribution in [2.45, 2.75) is 44.1 Å². The van der Waals surface area contributed by atoms with Crippen molar-refractivity contribution >= 4 is 22.7 Å². The van der Waals surface area contributed by atoms with Gasteiger partial charge in [-0.15, -0.1) is 0 Å². The summed E-state index contributed by atoms with van der Waals surface area (Å²) in [5.74, 6) is 0.550. The molecule has 3 heterocycles. The predicted molar refractivity (Wildman–Crippen MR) is 77.9 cm³/mol. The molecule has 0 amide bonds. The molecule has 0 bridgehead atoms. The number of ether oxygens (including phenoxy) is 1. The zero-order valence-electron chi connectivity index (χ0n) is 12.0. The van der Waals surface area contributed by atoms with E-state index in [1.807, 2.05) is 0 Å². The van der Waals surface area contributed by atoms with Gasteiger partial charge in [0, 0.05) is 5.71 Å². The molecule has 2 aromatic heterocycles. The summed E-state index contributed by atoms with van der Waals surface area (Å²) in [6.45, 7) is 0.0890. The van der Waals surface area contributed by atoms with Crippen molar-refractivity contribution in [2.24, 2.45) is 4.99 Å². The lowest BCUT2D eigenvalue weighted by Gasteiger charge is -2.16. The Morgan fingerprint density at radius 2 is 2.00 bits per heavy atom. The summed E-state index contributed by atoms with van der Waals surface area (Å²) in [7, 11) is 0. The molecule has 4 rings (SSSR count). The second-order valence-electron chi connectivity index (χ2n) is 5.69. The molecule has 2 aromatic rings. The topological polar surface area (TPSA) is 106 Å². The first kappa shape index (κ1) is 13.7. The van der Waals surface area contributed by atoms with E-state index >= 15 is 0 Å². The lowest BCUT2D eigenvalue weighted by Crippen LogP contribution is -2.28. The molecule has 3 unspecified atom stereocenters. The van der Waals surface area contributed by atoms with Crippen LogP contribution in [0.2, 0.25) is 0 Å². The van der Waals surface area contributed by atoms with Crippen molar-refractivity contribution in [1.82, 2.24) is 19.5 Å². The summed E-state index contributed by atoms with van der Waals surface area (Å²) >= 11 is 0. The molecule has 0 spiro atoms. The third kappa shape index (κ3) is 2.20. The van der Waals surface area contributed by atoms with Crippen molar-refractivity contribution in [2.75, 3.05) is 6.61 Å². The van der Waals surface area contributed by atoms with Crippen LogP contribution in [-0.2, 0) is 4.74 Å². The van der Waals surface area contributed by atoms with E-state index in [1.165, 1.54) is 19.2 Å². The molecule has 116 valence electrons. The Kier molecular flexibility index (Phi) is 3.36. The SMILES string of the molecule is OC1COC(n2cnc3c(N=C4CCCC4)ncnc32)C1O. The number of aliphatic imine (C=N–C) groups is 1. The smallest absolute Gasteiger partial charge is 0.183 e. The average Bonchev–Trinajstić information content (AvgIpc) is 3.23. The van der Waals surface area contributed by atoms with Crippen LogP contribution in [0.3, 0.4) is 0 Å². The van der Waals surface area contributed by atoms with Gasteiger partial charge in [-0.2, -0.15) is 0 Å². The molecule has 1 saturated carbocycles. The fourth-order valence-corrected chi connectivity index (χ4v) is 2.98. The van der Waals surface area contributed by atoms with Gasteiger partial charge in [0.25, 0.3) is 0 Å². The molecule has 0 aromatic carbocycles. The van der Waals surface area contributed by atoms with Crippen LogP contribution in [0, 0.1) is 0 Å². The first-order valence-corrected chi connectivity index (χ1v) is 7.46. The summed E-state index contributed by atoms with van der Waals surface area (Å²) in [5.41, 5.74) is 2.27. The molecule has 8 heteroatoms. The summed E-state index contributed by atoms with van der Waals surface area (Å²) in [4.78, 5) is 17.4. The fraction of sp³-hybridized carbons (Fsp3) is 0.571. The second-order valence-corrected chi connectivity index (χ2v) is 5.69. The Hall–Kier alpha value is -1.90. The highest BCUT2D eigenvalue weighted by atomic mass is 16.5. The summed E-state index contributed by atoms with van der Waals surface area (Å²) < 4.78 is 7.05. The molecule has 2 fully saturated rings. The average molecular weight is 303 g/mol. The number of imidazole rings is 1. The highest BCUT2D eigenvalue weighted by Gasteiger charge is 2.37. The number of aliphatic hydroxyl groups is 2. The Labute approximate surface area is 126 Å². The van der Waals surface area contributed by atoms with E-state index in [0.717, 1.165) is 18.6 Å². The van der Waals surface area contributed by atoms with Gasteiger partial charge in [0.2, 0.25) is 0 Å². The Bertz CT molecular complexity index is 720. The second kappa shape index (κ2) is 5.38. The van der Waals surface area contributed by atoms with E-state index in [0.29, 0.717) is 17.0 Å². The molecule has 8 nitrogen and oxygen atoms in total. The van der Waals surface area contributed by atoms with Gasteiger partial charge in [-0.05, 0) is 25.7 Å². The summed E-state index contributed by atoms with van der Waals surface area (Å²) in [6.07, 6.45) is 4.73. The molecule has 2 aliphatic rings. The molecular formula is C14H17N5O3. The van der Waals surface area contributed by atoms with E-state index < -0.39 is 18.4 Å². The number of hydrogen-bond donors (Lipinski definition) is 2. The van der Waals surface area contributed by atoms with Crippen LogP contribution in [0.15, 0.2) is 17.6 Å². The monoisotopic (exact) mass is 303 g/mol. The number of nitrogens with zero attached hydrogens (tertiary/aromatic N) is 5. The van der Waals surface area contributed by atoms with Crippen molar-refractivity contribution in [1.29, 1.82) is 0 Å². The normalized spacial score (nSPS) is 28.6. The van der Waals surface area contributed by atoms with Gasteiger partial charge in [-0.3, -0.25) is 4.57 Å². The first-order valence-electron chi connectivity index (χ1n) is 7.46. The van der Waals surface area contributed by atoms with E-state index in [9.17, 15) is 10.2 Å². The largest absolute Gasteiger partial charge is 0.388 e. The highest BCUT2D eigenvalue weighted by Crippen LogP contribution is 2.30. The maximum Gasteiger partial charge on any atom is 0.183 e. The molecule has 1 saturated heterocycles. The quantitative estimate of drug-likeness (QED) is 0.847. The van der Waals surface area contributed by atoms with Crippen LogP contribution < -0.4 is 0 Å². The van der Waals surface area contributed by atoms with Gasteiger partial charge in [0.15, 0.2) is 23.2 Å². The third-order valence-corrected chi connectivity index (χ3v) is 4.18. The molecule has 0 radical (unpaired) electrons. The minimum absolute atomic E-state index is 0.0890. The van der Waals surface area contributed by atoms with Crippen LogP contribution in [0.5, 0.6) is 0 Å². The van der Waals surface area contributed by atoms with Crippen LogP contribution in [0.1, 0.15) is 31.9 Å². The zero-order chi connectivity index (χ0) is 15.1. The van der Waals surface area contributed by atoms with Crippen molar-refractivity contribution < 1.29 is 14.9 Å². The van der Waals surface area contributed by atoms with E-state index in [4.69, 9.17) is 4.74 Å². The van der Waals surface area contributed by atoms with E-state index in [1.54, 1.807) is 10.9 Å². The number of hydrogen-bond acceptors (Lipinski definition) is 7. The van der Waals surface area contributed by atoms with Crippen molar-refractivity contribution in [3.05, 3.63) is 12.7 Å². The number of rotatable bonds is 2. The van der Waals surface area contributed by atoms with Gasteiger partial charge in [-0.25, -0.2) is 19.9 Å². The molecule has 1 aliphatic carbocycles. The van der Waals surface area contributed by atoms with Crippen molar-refractivity contribution in [3.8, 4) is 0 Å². The van der Waals surface area contributed by atoms with E-state index in [2.05, 4.69) is 19.9 Å². The van der Waals surface area contributed by atoms with Crippen LogP contribution in [-0.4, -0.2) is 54.3 Å². The van der Waals surface area contributed by atoms with Gasteiger partial charge in [-0.1, -0.05) is 0 Å². The minimum Gasteiger partial charge on any atom is -0.388 e. The maximum atomic E-state index is 9.99. The summed E-state index contributed by atoms with van der Waals surface area (Å²) in [5, 5.41) is 19.6. The van der Waals surface area contributed by atoms with Gasteiger partial charge in [0.05, 0.1) is 12.9 Å². The fourth-order valence-electron chi connectivity index (χ4n) is 2.98. The zero-order valence-corrected chi connectivity index (χ0v) is 12.0. The first-order chi connectivity index (χ1) is 10.7. The number of fused-ring (bicyclic) bond motifs is 1. The predicted octanol–water partition coefficient (Wildman–Crippen LogP) is 0.723. The lowest BCUT2D eigenvalue weighted by atomic mass is 10.2. The summed E-state index contributed by atoms with van der Waals surface area (Å²) in [6, 6.07) is 0. The molecule has 3 atom stereocenters. The van der Waals surface area contributed by atoms with Gasteiger partial charge >= 0.3 is 0 Å². The third-order valence-electron chi connectivity index (χ3n) is 4.18. The molecular weight excluding hydrogens is 286 g/mol. The van der Waals surface area contributed by atoms with Crippen LogP contribution >= 0.6 is 0 Å². The Balaban J connectivity index is 1.75. The Morgan fingerprint density at radius 3 is 2.73 bits per heavy atom. The lowest BCUT2D eigenvalue weighted by molar-refractivity contribution is -0.0162. The minimum atomic E-state index is -1.00. The van der Waals surface area contributed by atoms with Crippen LogP contribution in [0.4, 0.5) is 5.82 Å². The van der Waals surface area contributed by atoms with Gasteiger partial charge < -0.3 is 14.9 Å². The maximum absolute atomic E-state index is 9.99. The molecule has 1 aliphatic heterocycles. The highest BCUT2D eigenvalue weighted by molar-refractivity contribution is 5.91. The van der Waals surface area contributed by atoms with Crippen molar-refractivity contribution in [3.63, 3.8) is 0 Å². The van der Waals surface area contributed by atoms with Gasteiger partial charge in [0.1, 0.15) is 18.5 Å². The van der Waals surface area contributed by atoms with Crippen LogP contribution in [0.25, 0.3) is 11.2 Å². The molecule has 2 N–H and O–H groups in total. The molecule has 22 heavy (non-hydrogen) atoms. The number of aromatic nitrogens is 4. The standard InChI is InChI=1S/C14H17N5O3/c20-9-5-22-14(11(9)21)19-7-17-10-12(15-6-16-13(10)19)18-8-3-1-2-4-8/h6-7,9,11,14,20-21H,1-5H2. The number of aliphatic hydroxyl groups excluding tert-OH is 2.